The number of nitrogens with zero attached hydrogens (tertiary/aromatic N) is 1. The summed E-state index contributed by atoms with van der Waals surface area (Å²) in [5.41, 5.74) is 7.62. The molecule has 0 amide bonds. The van der Waals surface area contributed by atoms with Gasteiger partial charge in [0.2, 0.25) is 0 Å². The predicted octanol–water partition coefficient (Wildman–Crippen LogP) is 6.74. The van der Waals surface area contributed by atoms with Crippen molar-refractivity contribution in [3.05, 3.63) is 101 Å². The van der Waals surface area contributed by atoms with Gasteiger partial charge >= 0.3 is 5.97 Å². The monoisotopic (exact) mass is 481 g/mol. The van der Waals surface area contributed by atoms with Gasteiger partial charge in [0.15, 0.2) is 5.76 Å². The van der Waals surface area contributed by atoms with Crippen molar-refractivity contribution in [3.8, 4) is 22.5 Å². The number of aromatic nitrogens is 1. The Morgan fingerprint density at radius 3 is 2.31 bits per heavy atom. The average Bonchev–Trinajstić information content (AvgIpc) is 3.64. The summed E-state index contributed by atoms with van der Waals surface area (Å²) in [5, 5.41) is 4.21. The van der Waals surface area contributed by atoms with Crippen molar-refractivity contribution in [1.29, 1.82) is 0 Å². The Labute approximate surface area is 212 Å². The van der Waals surface area contributed by atoms with Crippen molar-refractivity contribution in [2.24, 2.45) is 5.92 Å². The molecular weight excluding hydrogens is 450 g/mol. The zero-order valence-corrected chi connectivity index (χ0v) is 20.8. The lowest BCUT2D eigenvalue weighted by Gasteiger charge is -2.07. The lowest BCUT2D eigenvalue weighted by molar-refractivity contribution is -0.144. The third-order valence-corrected chi connectivity index (χ3v) is 6.79. The first-order chi connectivity index (χ1) is 17.6. The Morgan fingerprint density at radius 2 is 1.61 bits per heavy atom. The van der Waals surface area contributed by atoms with Crippen LogP contribution in [0.2, 0.25) is 0 Å². The van der Waals surface area contributed by atoms with Crippen molar-refractivity contribution in [1.82, 2.24) is 5.16 Å². The summed E-state index contributed by atoms with van der Waals surface area (Å²) in [7, 11) is 0. The highest BCUT2D eigenvalue weighted by Crippen LogP contribution is 2.48. The number of hydrogen-bond acceptors (Lipinski definition) is 5. The predicted molar refractivity (Wildman–Crippen MR) is 139 cm³/mol. The van der Waals surface area contributed by atoms with Crippen LogP contribution in [-0.2, 0) is 27.3 Å². The largest absolute Gasteiger partial charge is 0.466 e. The van der Waals surface area contributed by atoms with Crippen LogP contribution < -0.4 is 0 Å². The Hall–Kier alpha value is -3.70. The number of carbonyl (C=O) groups is 1. The molecule has 36 heavy (non-hydrogen) atoms. The molecule has 5 rings (SSSR count). The molecule has 5 heteroatoms. The molecule has 1 aliphatic rings. The molecule has 1 fully saturated rings. The van der Waals surface area contributed by atoms with Crippen molar-refractivity contribution in [2.45, 2.75) is 39.2 Å². The quantitative estimate of drug-likeness (QED) is 0.185. The van der Waals surface area contributed by atoms with Gasteiger partial charge in [-0.25, -0.2) is 0 Å². The highest BCUT2D eigenvalue weighted by Gasteiger charge is 2.45. The topological polar surface area (TPSA) is 61.6 Å². The summed E-state index contributed by atoms with van der Waals surface area (Å²) in [6.45, 7) is 5.46. The van der Waals surface area contributed by atoms with E-state index < -0.39 is 0 Å². The summed E-state index contributed by atoms with van der Waals surface area (Å²) < 4.78 is 16.7. The van der Waals surface area contributed by atoms with Gasteiger partial charge in [-0.2, -0.15) is 0 Å². The molecule has 1 aliphatic carbocycles. The van der Waals surface area contributed by atoms with Gasteiger partial charge in [0.1, 0.15) is 0 Å². The van der Waals surface area contributed by atoms with E-state index in [1.165, 1.54) is 11.1 Å². The lowest BCUT2D eigenvalue weighted by atomic mass is 9.99. The van der Waals surface area contributed by atoms with E-state index in [-0.39, 0.29) is 17.8 Å². The number of esters is 1. The number of carbonyl (C=O) groups excluding carboxylic acids is 1. The molecule has 184 valence electrons. The van der Waals surface area contributed by atoms with E-state index in [1.54, 1.807) is 0 Å². The second-order valence-electron chi connectivity index (χ2n) is 9.26. The van der Waals surface area contributed by atoms with Crippen molar-refractivity contribution >= 4 is 5.97 Å². The fourth-order valence-corrected chi connectivity index (χ4v) is 4.66. The third-order valence-electron chi connectivity index (χ3n) is 6.79. The van der Waals surface area contributed by atoms with Crippen LogP contribution in [0.5, 0.6) is 0 Å². The maximum absolute atomic E-state index is 11.9. The van der Waals surface area contributed by atoms with Crippen molar-refractivity contribution < 1.29 is 18.8 Å². The van der Waals surface area contributed by atoms with Crippen molar-refractivity contribution in [3.63, 3.8) is 0 Å². The molecule has 2 unspecified atom stereocenters. The first-order valence-corrected chi connectivity index (χ1v) is 12.6. The molecule has 1 heterocycles. The van der Waals surface area contributed by atoms with Gasteiger partial charge < -0.3 is 14.0 Å². The molecule has 0 saturated heterocycles. The molecule has 0 spiro atoms. The van der Waals surface area contributed by atoms with E-state index in [1.807, 2.05) is 32.0 Å². The van der Waals surface area contributed by atoms with Crippen LogP contribution >= 0.6 is 0 Å². The molecule has 0 aliphatic heterocycles. The number of aryl methyl sites for hydroxylation is 1. The molecule has 1 aromatic heterocycles. The van der Waals surface area contributed by atoms with E-state index >= 15 is 0 Å². The normalized spacial score (nSPS) is 16.6. The molecule has 1 saturated carbocycles. The molecular formula is C31H31NO4. The van der Waals surface area contributed by atoms with E-state index in [9.17, 15) is 4.79 Å². The van der Waals surface area contributed by atoms with Gasteiger partial charge in [-0.15, -0.1) is 0 Å². The van der Waals surface area contributed by atoms with Crippen LogP contribution in [0.4, 0.5) is 0 Å². The van der Waals surface area contributed by atoms with Gasteiger partial charge in [0, 0.05) is 17.5 Å². The summed E-state index contributed by atoms with van der Waals surface area (Å²) >= 11 is 0. The van der Waals surface area contributed by atoms with Crippen LogP contribution in [0.25, 0.3) is 22.5 Å². The zero-order valence-electron chi connectivity index (χ0n) is 20.8. The van der Waals surface area contributed by atoms with E-state index in [0.29, 0.717) is 19.8 Å². The smallest absolute Gasteiger partial charge is 0.309 e. The molecule has 0 radical (unpaired) electrons. The van der Waals surface area contributed by atoms with Gasteiger partial charge in [-0.05, 0) is 48.4 Å². The molecule has 0 bridgehead atoms. The molecule has 4 aromatic rings. The van der Waals surface area contributed by atoms with Gasteiger partial charge in [0.25, 0.3) is 0 Å². The minimum Gasteiger partial charge on any atom is -0.466 e. The SMILES string of the molecule is CCOC(=O)C1CC1c1ccc(-c2ccc(-c3onc(C)c3CCOCc3ccccc3)cc2)cc1. The third kappa shape index (κ3) is 5.42. The minimum absolute atomic E-state index is 0.0124. The van der Waals surface area contributed by atoms with Gasteiger partial charge in [-0.1, -0.05) is 84.0 Å². The van der Waals surface area contributed by atoms with Crippen LogP contribution in [0.3, 0.4) is 0 Å². The maximum Gasteiger partial charge on any atom is 0.309 e. The highest BCUT2D eigenvalue weighted by atomic mass is 16.5. The highest BCUT2D eigenvalue weighted by molar-refractivity contribution is 5.77. The van der Waals surface area contributed by atoms with Crippen LogP contribution in [0.1, 0.15) is 41.6 Å². The fraction of sp³-hybridized carbons (Fsp3) is 0.290. The minimum atomic E-state index is -0.0769. The van der Waals surface area contributed by atoms with Crippen LogP contribution in [-0.4, -0.2) is 24.3 Å². The van der Waals surface area contributed by atoms with E-state index in [0.717, 1.165) is 46.5 Å². The van der Waals surface area contributed by atoms with E-state index in [2.05, 4.69) is 65.8 Å². The zero-order chi connectivity index (χ0) is 24.9. The second-order valence-corrected chi connectivity index (χ2v) is 9.26. The maximum atomic E-state index is 11.9. The van der Waals surface area contributed by atoms with Crippen LogP contribution in [0.15, 0.2) is 83.4 Å². The van der Waals surface area contributed by atoms with Crippen LogP contribution in [0, 0.1) is 12.8 Å². The summed E-state index contributed by atoms with van der Waals surface area (Å²) in [5.74, 6) is 1.02. The fourth-order valence-electron chi connectivity index (χ4n) is 4.66. The Bertz CT molecular complexity index is 1290. The standard InChI is InChI=1S/C31H31NO4/c1-3-35-31(33)29-19-28(29)25-13-9-23(10-14-25)24-11-15-26(16-12-24)30-27(21(2)32-36-30)17-18-34-20-22-7-5-4-6-8-22/h4-16,28-29H,3,17-20H2,1-2H3. The first-order valence-electron chi connectivity index (χ1n) is 12.6. The molecule has 3 aromatic carbocycles. The number of ether oxygens (including phenoxy) is 2. The lowest BCUT2D eigenvalue weighted by Crippen LogP contribution is -2.07. The number of benzene rings is 3. The first kappa shape index (κ1) is 24.0. The molecule has 5 nitrogen and oxygen atoms in total. The average molecular weight is 482 g/mol. The van der Waals surface area contributed by atoms with Gasteiger partial charge in [-0.3, -0.25) is 4.79 Å². The summed E-state index contributed by atoms with van der Waals surface area (Å²) in [6, 6.07) is 27.1. The second kappa shape index (κ2) is 10.9. The Morgan fingerprint density at radius 1 is 0.944 bits per heavy atom. The Balaban J connectivity index is 1.21. The van der Waals surface area contributed by atoms with Gasteiger partial charge in [0.05, 0.1) is 31.4 Å². The Kier molecular flexibility index (Phi) is 7.28. The number of hydrogen-bond donors (Lipinski definition) is 0. The molecule has 2 atom stereocenters. The van der Waals surface area contributed by atoms with E-state index in [4.69, 9.17) is 14.0 Å². The number of rotatable bonds is 10. The summed E-state index contributed by atoms with van der Waals surface area (Å²) in [4.78, 5) is 11.9. The summed E-state index contributed by atoms with van der Waals surface area (Å²) in [6.07, 6.45) is 1.62. The van der Waals surface area contributed by atoms with Crippen molar-refractivity contribution in [2.75, 3.05) is 13.2 Å². The molecule has 0 N–H and O–H groups in total.